The predicted octanol–water partition coefficient (Wildman–Crippen LogP) is 3.03. The first-order valence-corrected chi connectivity index (χ1v) is 9.51. The van der Waals surface area contributed by atoms with E-state index in [4.69, 9.17) is 0 Å². The molecule has 0 bridgehead atoms. The first kappa shape index (κ1) is 17.2. The molecule has 1 aromatic rings. The molecule has 4 rings (SSSR count). The number of aryl methyl sites for hydroxylation is 1. The lowest BCUT2D eigenvalue weighted by Crippen LogP contribution is -2.47. The van der Waals surface area contributed by atoms with Gasteiger partial charge in [0.05, 0.1) is 6.54 Å². The van der Waals surface area contributed by atoms with E-state index in [-0.39, 0.29) is 6.54 Å². The van der Waals surface area contributed by atoms with Crippen molar-refractivity contribution in [3.8, 4) is 0 Å². The van der Waals surface area contributed by atoms with E-state index in [0.717, 1.165) is 45.0 Å². The number of allylic oxidation sites excluding steroid dienone is 1. The molecule has 2 heterocycles. The van der Waals surface area contributed by atoms with Gasteiger partial charge in [0.25, 0.3) is 6.43 Å². The third-order valence-corrected chi connectivity index (χ3v) is 5.76. The van der Waals surface area contributed by atoms with Crippen LogP contribution in [0.4, 0.5) is 8.78 Å². The van der Waals surface area contributed by atoms with Gasteiger partial charge in [-0.2, -0.15) is 0 Å². The van der Waals surface area contributed by atoms with Crippen LogP contribution in [0.3, 0.4) is 0 Å². The number of nitrogens with zero attached hydrogens (tertiary/aromatic N) is 2. The molecule has 0 aromatic heterocycles. The Morgan fingerprint density at radius 1 is 1.16 bits per heavy atom. The Kier molecular flexibility index (Phi) is 4.96. The van der Waals surface area contributed by atoms with Crippen LogP contribution in [0.25, 0.3) is 6.08 Å². The highest BCUT2D eigenvalue weighted by atomic mass is 19.3. The number of fused-ring (bicyclic) bond motifs is 1. The Labute approximate surface area is 150 Å². The normalized spacial score (nSPS) is 21.4. The quantitative estimate of drug-likeness (QED) is 0.759. The second-order valence-electron chi connectivity index (χ2n) is 7.67. The molecule has 0 amide bonds. The maximum absolute atomic E-state index is 12.6. The fraction of sp³-hybridized carbons (Fsp3) is 0.600. The first-order chi connectivity index (χ1) is 12.1. The highest BCUT2D eigenvalue weighted by Crippen LogP contribution is 2.43. The number of rotatable bonds is 5. The molecule has 0 N–H and O–H groups in total. The van der Waals surface area contributed by atoms with Gasteiger partial charge in [0.1, 0.15) is 0 Å². The second kappa shape index (κ2) is 7.20. The summed E-state index contributed by atoms with van der Waals surface area (Å²) in [6.45, 7) is 6.36. The summed E-state index contributed by atoms with van der Waals surface area (Å²) in [5.41, 5.74) is 7.22. The molecule has 2 fully saturated rings. The van der Waals surface area contributed by atoms with E-state index in [1.807, 2.05) is 4.90 Å². The molecule has 1 aromatic carbocycles. The molecule has 133 valence electrons. The Morgan fingerprint density at radius 2 is 1.88 bits per heavy atom. The van der Waals surface area contributed by atoms with Crippen molar-refractivity contribution in [1.29, 1.82) is 0 Å². The molecule has 0 unspecified atom stereocenters. The Hall–Kier alpha value is -1.20. The minimum atomic E-state index is -2.22. The van der Waals surface area contributed by atoms with E-state index in [2.05, 4.69) is 37.3 Å². The zero-order valence-electron chi connectivity index (χ0n) is 15.0. The fourth-order valence-corrected chi connectivity index (χ4v) is 4.25. The molecule has 0 atom stereocenters. The SMILES string of the molecule is Cc1cc(C2CC2)c(CN2CCN(CC(F)F)CC2)c2c1[B]CC=C2. The molecule has 1 aliphatic carbocycles. The predicted molar refractivity (Wildman–Crippen MR) is 100 cm³/mol. The van der Waals surface area contributed by atoms with Gasteiger partial charge in [-0.05, 0) is 42.4 Å². The maximum Gasteiger partial charge on any atom is 0.251 e. The summed E-state index contributed by atoms with van der Waals surface area (Å²) in [5, 5.41) is 0. The number of piperazine rings is 1. The highest BCUT2D eigenvalue weighted by Gasteiger charge is 2.30. The minimum absolute atomic E-state index is 0.0845. The molecule has 2 nitrogen and oxygen atoms in total. The van der Waals surface area contributed by atoms with Crippen molar-refractivity contribution in [2.24, 2.45) is 0 Å². The molecule has 1 saturated heterocycles. The Balaban J connectivity index is 1.54. The van der Waals surface area contributed by atoms with Gasteiger partial charge < -0.3 is 0 Å². The molecule has 25 heavy (non-hydrogen) atoms. The standard InChI is InChI=1S/C20H26BF2N2/c1-14-11-17(15-4-5-15)18(16-3-2-6-21-20(14)16)12-24-7-9-25(10-8-24)13-19(22)23/h2-3,11,15,19H,4-10,12-13H2,1H3. The highest BCUT2D eigenvalue weighted by molar-refractivity contribution is 6.56. The van der Waals surface area contributed by atoms with Crippen molar-refractivity contribution in [3.63, 3.8) is 0 Å². The molecular weight excluding hydrogens is 317 g/mol. The third kappa shape index (κ3) is 3.82. The largest absolute Gasteiger partial charge is 0.297 e. The van der Waals surface area contributed by atoms with Crippen LogP contribution in [0.5, 0.6) is 0 Å². The van der Waals surface area contributed by atoms with Crippen molar-refractivity contribution in [2.75, 3.05) is 32.7 Å². The molecule has 0 spiro atoms. The lowest BCUT2D eigenvalue weighted by Gasteiger charge is -2.35. The average Bonchev–Trinajstić information content (AvgIpc) is 3.43. The Morgan fingerprint density at radius 3 is 2.56 bits per heavy atom. The van der Waals surface area contributed by atoms with Gasteiger partial charge in [-0.15, -0.1) is 0 Å². The van der Waals surface area contributed by atoms with Gasteiger partial charge in [0, 0.05) is 32.7 Å². The van der Waals surface area contributed by atoms with Gasteiger partial charge in [-0.3, -0.25) is 9.80 Å². The van der Waals surface area contributed by atoms with E-state index in [0.29, 0.717) is 0 Å². The maximum atomic E-state index is 12.6. The van der Waals surface area contributed by atoms with E-state index in [1.54, 1.807) is 0 Å². The van der Waals surface area contributed by atoms with Crippen molar-refractivity contribution >= 4 is 18.8 Å². The minimum Gasteiger partial charge on any atom is -0.297 e. The summed E-state index contributed by atoms with van der Waals surface area (Å²) in [7, 11) is 2.34. The summed E-state index contributed by atoms with van der Waals surface area (Å²) in [6.07, 6.45) is 5.96. The average molecular weight is 343 g/mol. The third-order valence-electron chi connectivity index (χ3n) is 5.76. The summed E-state index contributed by atoms with van der Waals surface area (Å²) in [4.78, 5) is 4.34. The summed E-state index contributed by atoms with van der Waals surface area (Å²) < 4.78 is 25.1. The van der Waals surface area contributed by atoms with Crippen LogP contribution in [0.2, 0.25) is 6.32 Å². The number of hydrogen-bond acceptors (Lipinski definition) is 2. The summed E-state index contributed by atoms with van der Waals surface area (Å²) in [5.74, 6) is 0.731. The number of halogens is 2. The number of alkyl halides is 2. The van der Waals surface area contributed by atoms with Crippen molar-refractivity contribution in [2.45, 2.75) is 45.0 Å². The van der Waals surface area contributed by atoms with Crippen molar-refractivity contribution in [1.82, 2.24) is 9.80 Å². The molecule has 3 aliphatic rings. The zero-order chi connectivity index (χ0) is 17.4. The number of hydrogen-bond donors (Lipinski definition) is 0. The van der Waals surface area contributed by atoms with E-state index < -0.39 is 6.43 Å². The van der Waals surface area contributed by atoms with Crippen LogP contribution in [0, 0.1) is 6.92 Å². The van der Waals surface area contributed by atoms with Gasteiger partial charge in [-0.25, -0.2) is 8.78 Å². The first-order valence-electron chi connectivity index (χ1n) is 9.51. The smallest absolute Gasteiger partial charge is 0.251 e. The number of benzene rings is 1. The van der Waals surface area contributed by atoms with Crippen LogP contribution < -0.4 is 5.46 Å². The van der Waals surface area contributed by atoms with Gasteiger partial charge in [0.2, 0.25) is 0 Å². The lowest BCUT2D eigenvalue weighted by atomic mass is 9.60. The van der Waals surface area contributed by atoms with Crippen molar-refractivity contribution < 1.29 is 8.78 Å². The molecular formula is C20H26BF2N2. The van der Waals surface area contributed by atoms with E-state index >= 15 is 0 Å². The van der Waals surface area contributed by atoms with Gasteiger partial charge in [0.15, 0.2) is 7.28 Å². The summed E-state index contributed by atoms with van der Waals surface area (Å²) >= 11 is 0. The molecule has 1 radical (unpaired) electrons. The van der Waals surface area contributed by atoms with Crippen LogP contribution in [0.1, 0.15) is 41.0 Å². The summed E-state index contributed by atoms with van der Waals surface area (Å²) in [6, 6.07) is 2.41. The van der Waals surface area contributed by atoms with E-state index in [1.165, 1.54) is 40.6 Å². The fourth-order valence-electron chi connectivity index (χ4n) is 4.25. The molecule has 5 heteroatoms. The lowest BCUT2D eigenvalue weighted by molar-refractivity contribution is 0.0542. The van der Waals surface area contributed by atoms with Crippen LogP contribution in [-0.4, -0.2) is 56.2 Å². The topological polar surface area (TPSA) is 6.48 Å². The second-order valence-corrected chi connectivity index (χ2v) is 7.67. The molecule has 1 saturated carbocycles. The monoisotopic (exact) mass is 343 g/mol. The zero-order valence-corrected chi connectivity index (χ0v) is 15.0. The van der Waals surface area contributed by atoms with Gasteiger partial charge >= 0.3 is 0 Å². The van der Waals surface area contributed by atoms with Crippen LogP contribution in [0.15, 0.2) is 12.1 Å². The van der Waals surface area contributed by atoms with E-state index in [9.17, 15) is 8.78 Å². The Bertz CT molecular complexity index is 662. The van der Waals surface area contributed by atoms with Crippen LogP contribution in [-0.2, 0) is 6.54 Å². The van der Waals surface area contributed by atoms with Crippen molar-refractivity contribution in [3.05, 3.63) is 34.4 Å². The molecule has 2 aliphatic heterocycles. The van der Waals surface area contributed by atoms with Crippen LogP contribution >= 0.6 is 0 Å². The van der Waals surface area contributed by atoms with Gasteiger partial charge in [-0.1, -0.05) is 35.6 Å².